The maximum absolute atomic E-state index is 10.3. The monoisotopic (exact) mass is 209 g/mol. The summed E-state index contributed by atoms with van der Waals surface area (Å²) in [6.07, 6.45) is 1.33. The zero-order chi connectivity index (χ0) is 11.1. The molecule has 0 atom stereocenters. The summed E-state index contributed by atoms with van der Waals surface area (Å²) in [5, 5.41) is 10.3. The van der Waals surface area contributed by atoms with Gasteiger partial charge in [0, 0.05) is 12.1 Å². The number of ether oxygens (including phenoxy) is 2. The Labute approximate surface area is 87.1 Å². The minimum atomic E-state index is -0.454. The first-order valence-corrected chi connectivity index (χ1v) is 4.34. The van der Waals surface area contributed by atoms with E-state index in [4.69, 9.17) is 9.47 Å². The Bertz CT molecular complexity index is 334. The molecule has 0 radical (unpaired) electrons. The first kappa shape index (κ1) is 11.0. The SMILES string of the molecule is C=COCCOc1ccc([N+](=O)[O-])cc1. The molecule has 0 fully saturated rings. The number of nitro benzene ring substituents is 1. The van der Waals surface area contributed by atoms with Crippen molar-refractivity contribution in [3.63, 3.8) is 0 Å². The molecule has 0 aromatic heterocycles. The number of non-ortho nitro benzene ring substituents is 1. The lowest BCUT2D eigenvalue weighted by Gasteiger charge is -2.04. The Kier molecular flexibility index (Phi) is 4.15. The van der Waals surface area contributed by atoms with Gasteiger partial charge in [0.2, 0.25) is 0 Å². The first-order valence-electron chi connectivity index (χ1n) is 4.34. The Hall–Kier alpha value is -2.04. The Morgan fingerprint density at radius 2 is 2.00 bits per heavy atom. The second kappa shape index (κ2) is 5.64. The Morgan fingerprint density at radius 1 is 1.33 bits per heavy atom. The van der Waals surface area contributed by atoms with Gasteiger partial charge in [0.1, 0.15) is 19.0 Å². The van der Waals surface area contributed by atoms with Gasteiger partial charge in [-0.25, -0.2) is 0 Å². The van der Waals surface area contributed by atoms with Crippen molar-refractivity contribution in [1.29, 1.82) is 0 Å². The summed E-state index contributed by atoms with van der Waals surface area (Å²) < 4.78 is 10.1. The molecule has 1 aromatic carbocycles. The quantitative estimate of drug-likeness (QED) is 0.311. The number of rotatable bonds is 6. The van der Waals surface area contributed by atoms with Crippen LogP contribution >= 0.6 is 0 Å². The van der Waals surface area contributed by atoms with Crippen LogP contribution in [-0.4, -0.2) is 18.1 Å². The molecule has 0 N–H and O–H groups in total. The van der Waals surface area contributed by atoms with Crippen LogP contribution in [0.1, 0.15) is 0 Å². The zero-order valence-corrected chi connectivity index (χ0v) is 8.09. The molecular weight excluding hydrogens is 198 g/mol. The molecular formula is C10H11NO4. The number of hydrogen-bond acceptors (Lipinski definition) is 4. The fourth-order valence-electron chi connectivity index (χ4n) is 0.955. The van der Waals surface area contributed by atoms with Gasteiger partial charge in [-0.3, -0.25) is 10.1 Å². The van der Waals surface area contributed by atoms with Gasteiger partial charge < -0.3 is 9.47 Å². The molecule has 0 saturated carbocycles. The van der Waals surface area contributed by atoms with Crippen molar-refractivity contribution in [2.45, 2.75) is 0 Å². The highest BCUT2D eigenvalue weighted by Crippen LogP contribution is 2.16. The van der Waals surface area contributed by atoms with Crippen molar-refractivity contribution in [1.82, 2.24) is 0 Å². The van der Waals surface area contributed by atoms with Gasteiger partial charge in [-0.05, 0) is 12.1 Å². The van der Waals surface area contributed by atoms with Crippen LogP contribution in [0.5, 0.6) is 5.75 Å². The van der Waals surface area contributed by atoms with Crippen LogP contribution < -0.4 is 4.74 Å². The topological polar surface area (TPSA) is 61.6 Å². The maximum atomic E-state index is 10.3. The molecule has 80 valence electrons. The van der Waals surface area contributed by atoms with Gasteiger partial charge in [0.25, 0.3) is 5.69 Å². The average Bonchev–Trinajstić information content (AvgIpc) is 2.25. The fraction of sp³-hybridized carbons (Fsp3) is 0.200. The van der Waals surface area contributed by atoms with Crippen LogP contribution in [0.25, 0.3) is 0 Å². The van der Waals surface area contributed by atoms with E-state index >= 15 is 0 Å². The molecule has 1 aromatic rings. The average molecular weight is 209 g/mol. The summed E-state index contributed by atoms with van der Waals surface area (Å²) in [7, 11) is 0. The van der Waals surface area contributed by atoms with Gasteiger partial charge in [0.15, 0.2) is 0 Å². The highest BCUT2D eigenvalue weighted by Gasteiger charge is 2.03. The predicted octanol–water partition coefficient (Wildman–Crippen LogP) is 2.13. The van der Waals surface area contributed by atoms with Gasteiger partial charge >= 0.3 is 0 Å². The normalized spacial score (nSPS) is 9.33. The van der Waals surface area contributed by atoms with Gasteiger partial charge in [-0.1, -0.05) is 6.58 Å². The van der Waals surface area contributed by atoms with Gasteiger partial charge in [0.05, 0.1) is 11.2 Å². The highest BCUT2D eigenvalue weighted by molar-refractivity contribution is 5.35. The lowest BCUT2D eigenvalue weighted by molar-refractivity contribution is -0.384. The predicted molar refractivity (Wildman–Crippen MR) is 54.7 cm³/mol. The van der Waals surface area contributed by atoms with E-state index in [0.717, 1.165) is 0 Å². The number of nitro groups is 1. The molecule has 0 aliphatic carbocycles. The van der Waals surface area contributed by atoms with E-state index in [1.807, 2.05) is 0 Å². The number of nitrogens with zero attached hydrogens (tertiary/aromatic N) is 1. The molecule has 0 aliphatic heterocycles. The molecule has 0 bridgehead atoms. The van der Waals surface area contributed by atoms with E-state index in [0.29, 0.717) is 19.0 Å². The molecule has 5 nitrogen and oxygen atoms in total. The minimum absolute atomic E-state index is 0.0460. The largest absolute Gasteiger partial charge is 0.498 e. The third kappa shape index (κ3) is 3.68. The van der Waals surface area contributed by atoms with E-state index in [1.54, 1.807) is 12.1 Å². The van der Waals surface area contributed by atoms with Crippen LogP contribution in [0.15, 0.2) is 37.1 Å². The highest BCUT2D eigenvalue weighted by atomic mass is 16.6. The van der Waals surface area contributed by atoms with Crippen LogP contribution in [0.4, 0.5) is 5.69 Å². The van der Waals surface area contributed by atoms with Crippen LogP contribution in [0, 0.1) is 10.1 Å². The number of hydrogen-bond donors (Lipinski definition) is 0. The van der Waals surface area contributed by atoms with Crippen molar-refractivity contribution in [2.75, 3.05) is 13.2 Å². The molecule has 1 rings (SSSR count). The maximum Gasteiger partial charge on any atom is 0.269 e. The Balaban J connectivity index is 2.42. The first-order chi connectivity index (χ1) is 7.24. The molecule has 0 amide bonds. The second-order valence-corrected chi connectivity index (χ2v) is 2.64. The number of benzene rings is 1. The van der Waals surface area contributed by atoms with Gasteiger partial charge in [-0.15, -0.1) is 0 Å². The van der Waals surface area contributed by atoms with Crippen molar-refractivity contribution < 1.29 is 14.4 Å². The summed E-state index contributed by atoms with van der Waals surface area (Å²) in [5.41, 5.74) is 0.0460. The van der Waals surface area contributed by atoms with Crippen LogP contribution in [0.3, 0.4) is 0 Å². The Morgan fingerprint density at radius 3 is 2.53 bits per heavy atom. The summed E-state index contributed by atoms with van der Waals surface area (Å²) in [4.78, 5) is 9.89. The molecule has 5 heteroatoms. The van der Waals surface area contributed by atoms with Crippen LogP contribution in [-0.2, 0) is 4.74 Å². The van der Waals surface area contributed by atoms with Crippen molar-refractivity contribution in [3.05, 3.63) is 47.2 Å². The zero-order valence-electron chi connectivity index (χ0n) is 8.09. The van der Waals surface area contributed by atoms with Gasteiger partial charge in [-0.2, -0.15) is 0 Å². The van der Waals surface area contributed by atoms with E-state index < -0.39 is 4.92 Å². The van der Waals surface area contributed by atoms with E-state index in [-0.39, 0.29) is 5.69 Å². The summed E-state index contributed by atoms with van der Waals surface area (Å²) in [6.45, 7) is 4.17. The lowest BCUT2D eigenvalue weighted by Crippen LogP contribution is -2.03. The summed E-state index contributed by atoms with van der Waals surface area (Å²) >= 11 is 0. The molecule has 0 spiro atoms. The smallest absolute Gasteiger partial charge is 0.269 e. The minimum Gasteiger partial charge on any atom is -0.498 e. The van der Waals surface area contributed by atoms with E-state index in [2.05, 4.69) is 6.58 Å². The van der Waals surface area contributed by atoms with Crippen LogP contribution in [0.2, 0.25) is 0 Å². The molecule has 0 heterocycles. The lowest BCUT2D eigenvalue weighted by atomic mass is 10.3. The van der Waals surface area contributed by atoms with Crippen molar-refractivity contribution in [2.24, 2.45) is 0 Å². The molecule has 0 aliphatic rings. The van der Waals surface area contributed by atoms with Crippen molar-refractivity contribution >= 4 is 5.69 Å². The standard InChI is InChI=1S/C10H11NO4/c1-2-14-7-8-15-10-5-3-9(4-6-10)11(12)13/h2-6H,1,7-8H2. The molecule has 0 saturated heterocycles. The van der Waals surface area contributed by atoms with E-state index in [9.17, 15) is 10.1 Å². The third-order valence-corrected chi connectivity index (χ3v) is 1.64. The van der Waals surface area contributed by atoms with Crippen molar-refractivity contribution in [3.8, 4) is 5.75 Å². The molecule has 0 unspecified atom stereocenters. The summed E-state index contributed by atoms with van der Waals surface area (Å²) in [5.74, 6) is 0.577. The molecule has 15 heavy (non-hydrogen) atoms. The van der Waals surface area contributed by atoms with E-state index in [1.165, 1.54) is 18.4 Å². The third-order valence-electron chi connectivity index (χ3n) is 1.64. The fourth-order valence-corrected chi connectivity index (χ4v) is 0.955. The second-order valence-electron chi connectivity index (χ2n) is 2.64. The summed E-state index contributed by atoms with van der Waals surface area (Å²) in [6, 6.07) is 5.88.